The van der Waals surface area contributed by atoms with Crippen molar-refractivity contribution in [3.8, 4) is 11.5 Å². The third-order valence-corrected chi connectivity index (χ3v) is 4.60. The van der Waals surface area contributed by atoms with Crippen LogP contribution < -0.4 is 9.47 Å². The van der Waals surface area contributed by atoms with E-state index in [0.29, 0.717) is 30.0 Å². The Kier molecular flexibility index (Phi) is 5.30. The number of carbonyl (C=O) groups excluding carboxylic acids is 1. The molecule has 0 bridgehead atoms. The Hall–Kier alpha value is -2.76. The summed E-state index contributed by atoms with van der Waals surface area (Å²) in [5.74, 6) is 1.09. The largest absolute Gasteiger partial charge is 0.497 e. The predicted molar refractivity (Wildman–Crippen MR) is 95.0 cm³/mol. The Morgan fingerprint density at radius 1 is 1.23 bits per heavy atom. The first kappa shape index (κ1) is 18.0. The van der Waals surface area contributed by atoms with E-state index in [2.05, 4.69) is 0 Å². The van der Waals surface area contributed by atoms with Crippen molar-refractivity contribution in [1.82, 2.24) is 4.90 Å². The van der Waals surface area contributed by atoms with Gasteiger partial charge in [-0.25, -0.2) is 9.18 Å². The number of benzene rings is 2. The van der Waals surface area contributed by atoms with Crippen LogP contribution in [0.15, 0.2) is 42.5 Å². The van der Waals surface area contributed by atoms with Gasteiger partial charge in [0.15, 0.2) is 0 Å². The van der Waals surface area contributed by atoms with Gasteiger partial charge in [-0.05, 0) is 42.7 Å². The van der Waals surface area contributed by atoms with Crippen LogP contribution >= 0.6 is 0 Å². The fourth-order valence-electron chi connectivity index (χ4n) is 3.17. The Balaban J connectivity index is 1.72. The van der Waals surface area contributed by atoms with Crippen LogP contribution in [0.4, 0.5) is 9.18 Å². The lowest BCUT2D eigenvalue weighted by Crippen LogP contribution is -2.35. The molecule has 1 aliphatic rings. The molecule has 0 N–H and O–H groups in total. The number of amides is 1. The number of carbonyl (C=O) groups is 1. The van der Waals surface area contributed by atoms with Gasteiger partial charge in [0.05, 0.1) is 20.8 Å². The number of hydrogen-bond donors (Lipinski definition) is 0. The van der Waals surface area contributed by atoms with Crippen molar-refractivity contribution in [2.45, 2.75) is 25.5 Å². The Morgan fingerprint density at radius 2 is 2.04 bits per heavy atom. The van der Waals surface area contributed by atoms with Gasteiger partial charge in [-0.15, -0.1) is 0 Å². The summed E-state index contributed by atoms with van der Waals surface area (Å²) in [5.41, 5.74) is 1.64. The molecule has 3 rings (SSSR count). The maximum absolute atomic E-state index is 13.4. The van der Waals surface area contributed by atoms with Crippen molar-refractivity contribution in [1.29, 1.82) is 0 Å². The standard InChI is InChI=1S/C20H22FNO4/c1-13(9-15-7-8-17(24-2)11-18(15)25-3)22-12-19(26-20(22)23)14-5-4-6-16(21)10-14/h4-8,10-11,13,19H,9,12H2,1-3H3/t13-,19+/m1/s1. The zero-order chi connectivity index (χ0) is 18.7. The SMILES string of the molecule is COc1ccc(C[C@@H](C)N2C[C@@H](c3cccc(F)c3)OC2=O)c(OC)c1. The van der Waals surface area contributed by atoms with Crippen molar-refractivity contribution in [2.24, 2.45) is 0 Å². The molecule has 1 heterocycles. The third kappa shape index (κ3) is 3.74. The molecule has 0 saturated carbocycles. The van der Waals surface area contributed by atoms with Gasteiger partial charge in [0.1, 0.15) is 23.4 Å². The van der Waals surface area contributed by atoms with E-state index < -0.39 is 6.10 Å². The molecule has 1 amide bonds. The summed E-state index contributed by atoms with van der Waals surface area (Å²) >= 11 is 0. The molecule has 0 unspecified atom stereocenters. The zero-order valence-electron chi connectivity index (χ0n) is 15.1. The second-order valence-electron chi connectivity index (χ2n) is 6.31. The van der Waals surface area contributed by atoms with Gasteiger partial charge in [0.25, 0.3) is 0 Å². The first-order valence-electron chi connectivity index (χ1n) is 8.45. The summed E-state index contributed by atoms with van der Waals surface area (Å²) in [6.07, 6.45) is -0.240. The molecule has 2 atom stereocenters. The molecule has 0 spiro atoms. The monoisotopic (exact) mass is 359 g/mol. The van der Waals surface area contributed by atoms with Crippen LogP contribution in [0.1, 0.15) is 24.2 Å². The Morgan fingerprint density at radius 3 is 2.73 bits per heavy atom. The molecule has 6 heteroatoms. The van der Waals surface area contributed by atoms with E-state index in [-0.39, 0.29) is 18.0 Å². The summed E-state index contributed by atoms with van der Waals surface area (Å²) in [4.78, 5) is 14.0. The summed E-state index contributed by atoms with van der Waals surface area (Å²) in [6, 6.07) is 11.7. The number of hydrogen-bond acceptors (Lipinski definition) is 4. The molecule has 1 saturated heterocycles. The second-order valence-corrected chi connectivity index (χ2v) is 6.31. The first-order chi connectivity index (χ1) is 12.5. The van der Waals surface area contributed by atoms with Crippen molar-refractivity contribution in [3.05, 3.63) is 59.4 Å². The Bertz CT molecular complexity index is 795. The number of nitrogens with zero attached hydrogens (tertiary/aromatic N) is 1. The summed E-state index contributed by atoms with van der Waals surface area (Å²) in [6.45, 7) is 2.35. The summed E-state index contributed by atoms with van der Waals surface area (Å²) in [5, 5.41) is 0. The molecule has 5 nitrogen and oxygen atoms in total. The normalized spacial score (nSPS) is 17.8. The molecule has 138 valence electrons. The average Bonchev–Trinajstić information content (AvgIpc) is 3.04. The highest BCUT2D eigenvalue weighted by Crippen LogP contribution is 2.31. The zero-order valence-corrected chi connectivity index (χ0v) is 15.1. The molecular weight excluding hydrogens is 337 g/mol. The maximum atomic E-state index is 13.4. The van der Waals surface area contributed by atoms with Gasteiger partial charge in [-0.2, -0.15) is 0 Å². The topological polar surface area (TPSA) is 48.0 Å². The average molecular weight is 359 g/mol. The van der Waals surface area contributed by atoms with Gasteiger partial charge in [0, 0.05) is 12.1 Å². The third-order valence-electron chi connectivity index (χ3n) is 4.60. The fourth-order valence-corrected chi connectivity index (χ4v) is 3.17. The van der Waals surface area contributed by atoms with Gasteiger partial charge in [-0.1, -0.05) is 18.2 Å². The second kappa shape index (κ2) is 7.64. The van der Waals surface area contributed by atoms with E-state index in [1.807, 2.05) is 25.1 Å². The number of cyclic esters (lactones) is 1. The van der Waals surface area contributed by atoms with Crippen molar-refractivity contribution in [2.75, 3.05) is 20.8 Å². The van der Waals surface area contributed by atoms with E-state index in [0.717, 1.165) is 5.56 Å². The van der Waals surface area contributed by atoms with E-state index in [1.54, 1.807) is 31.3 Å². The summed E-state index contributed by atoms with van der Waals surface area (Å²) in [7, 11) is 3.21. The molecule has 0 aromatic heterocycles. The Labute approximate surface area is 152 Å². The number of rotatable bonds is 6. The maximum Gasteiger partial charge on any atom is 0.410 e. The molecule has 1 aliphatic heterocycles. The molecule has 2 aromatic carbocycles. The van der Waals surface area contributed by atoms with Gasteiger partial charge < -0.3 is 19.1 Å². The molecule has 0 radical (unpaired) electrons. The van der Waals surface area contributed by atoms with Crippen molar-refractivity contribution < 1.29 is 23.4 Å². The van der Waals surface area contributed by atoms with E-state index in [4.69, 9.17) is 14.2 Å². The predicted octanol–water partition coefficient (Wildman–Crippen LogP) is 3.97. The number of methoxy groups -OCH3 is 2. The number of ether oxygens (including phenoxy) is 3. The van der Waals surface area contributed by atoms with Crippen LogP contribution in [0.3, 0.4) is 0 Å². The van der Waals surface area contributed by atoms with Crippen LogP contribution in [0.2, 0.25) is 0 Å². The molecule has 0 aliphatic carbocycles. The van der Waals surface area contributed by atoms with Gasteiger partial charge >= 0.3 is 6.09 Å². The lowest BCUT2D eigenvalue weighted by molar-refractivity contribution is 0.129. The number of halogens is 1. The van der Waals surface area contributed by atoms with Crippen LogP contribution in [0.5, 0.6) is 11.5 Å². The smallest absolute Gasteiger partial charge is 0.410 e. The van der Waals surface area contributed by atoms with Crippen molar-refractivity contribution >= 4 is 6.09 Å². The van der Waals surface area contributed by atoms with Gasteiger partial charge in [-0.3, -0.25) is 0 Å². The lowest BCUT2D eigenvalue weighted by Gasteiger charge is -2.23. The van der Waals surface area contributed by atoms with Crippen LogP contribution in [-0.2, 0) is 11.2 Å². The lowest BCUT2D eigenvalue weighted by atomic mass is 10.0. The molecule has 1 fully saturated rings. The van der Waals surface area contributed by atoms with E-state index >= 15 is 0 Å². The molecular formula is C20H22FNO4. The van der Waals surface area contributed by atoms with Crippen LogP contribution in [-0.4, -0.2) is 37.8 Å². The first-order valence-corrected chi connectivity index (χ1v) is 8.45. The van der Waals surface area contributed by atoms with E-state index in [9.17, 15) is 9.18 Å². The highest BCUT2D eigenvalue weighted by molar-refractivity contribution is 5.70. The van der Waals surface area contributed by atoms with Crippen LogP contribution in [0.25, 0.3) is 0 Å². The quantitative estimate of drug-likeness (QED) is 0.783. The van der Waals surface area contributed by atoms with Crippen molar-refractivity contribution in [3.63, 3.8) is 0 Å². The minimum absolute atomic E-state index is 0.0941. The highest BCUT2D eigenvalue weighted by Gasteiger charge is 2.35. The van der Waals surface area contributed by atoms with Gasteiger partial charge in [0.2, 0.25) is 0 Å². The molecule has 2 aromatic rings. The van der Waals surface area contributed by atoms with E-state index in [1.165, 1.54) is 12.1 Å². The van der Waals surface area contributed by atoms with Crippen LogP contribution in [0, 0.1) is 5.82 Å². The minimum atomic E-state index is -0.460. The summed E-state index contributed by atoms with van der Waals surface area (Å²) < 4.78 is 29.5. The molecule has 26 heavy (non-hydrogen) atoms. The fraction of sp³-hybridized carbons (Fsp3) is 0.350. The highest BCUT2D eigenvalue weighted by atomic mass is 19.1. The minimum Gasteiger partial charge on any atom is -0.497 e.